The third kappa shape index (κ3) is 2.47. The van der Waals surface area contributed by atoms with E-state index in [0.29, 0.717) is 5.69 Å². The molecule has 0 saturated carbocycles. The van der Waals surface area contributed by atoms with Gasteiger partial charge in [0.15, 0.2) is 5.82 Å². The topological polar surface area (TPSA) is 52.5 Å². The molecule has 156 valence electrons. The van der Waals surface area contributed by atoms with Crippen LogP contribution in [0.1, 0.15) is 36.1 Å². The van der Waals surface area contributed by atoms with E-state index in [1.807, 2.05) is 34.9 Å². The number of aromatic nitrogens is 1. The maximum Gasteiger partial charge on any atom is 0.158 e. The summed E-state index contributed by atoms with van der Waals surface area (Å²) in [4.78, 5) is 0. The molecule has 6 rings (SSSR count). The van der Waals surface area contributed by atoms with Gasteiger partial charge in [-0.05, 0) is 52.6 Å². The summed E-state index contributed by atoms with van der Waals surface area (Å²) in [7, 11) is 0. The predicted octanol–water partition coefficient (Wildman–Crippen LogP) is 6.97. The second-order valence-electron chi connectivity index (χ2n) is 9.02. The van der Waals surface area contributed by atoms with E-state index in [1.54, 1.807) is 0 Å². The smallest absolute Gasteiger partial charge is 0.158 e. The van der Waals surface area contributed by atoms with E-state index >= 15 is 0 Å². The highest BCUT2D eigenvalue weighted by Gasteiger charge is 2.36. The molecule has 0 atom stereocenters. The van der Waals surface area contributed by atoms with Gasteiger partial charge in [0.25, 0.3) is 0 Å². The molecular formula is C29H18FN3. The summed E-state index contributed by atoms with van der Waals surface area (Å²) in [5.41, 5.74) is 7.07. The van der Waals surface area contributed by atoms with Gasteiger partial charge in [0.2, 0.25) is 0 Å². The van der Waals surface area contributed by atoms with Gasteiger partial charge in [-0.2, -0.15) is 10.5 Å². The van der Waals surface area contributed by atoms with Crippen LogP contribution in [0.15, 0.2) is 72.8 Å². The highest BCUT2D eigenvalue weighted by molar-refractivity contribution is 6.11. The average Bonchev–Trinajstić information content (AvgIpc) is 3.28. The number of fused-ring (bicyclic) bond motifs is 6. The maximum atomic E-state index is 14.5. The standard InChI is InChI=1S/C29H18FN3/c1-29(2)24-9-5-3-7-20(24)22-13-23-21-8-4-6-10-26(21)33(27(23)14-25(22)29)19-11-17(15-31)28(30)18(12-19)16-32/h3-14H,1-2H3. The summed E-state index contributed by atoms with van der Waals surface area (Å²) in [6.45, 7) is 4.46. The minimum absolute atomic E-state index is 0.135. The second kappa shape index (κ2) is 6.55. The summed E-state index contributed by atoms with van der Waals surface area (Å²) >= 11 is 0. The zero-order valence-corrected chi connectivity index (χ0v) is 18.1. The fourth-order valence-electron chi connectivity index (χ4n) is 5.34. The van der Waals surface area contributed by atoms with Gasteiger partial charge in [-0.1, -0.05) is 56.3 Å². The molecule has 0 saturated heterocycles. The molecule has 3 nitrogen and oxygen atoms in total. The molecule has 1 aromatic heterocycles. The van der Waals surface area contributed by atoms with Crippen LogP contribution >= 0.6 is 0 Å². The van der Waals surface area contributed by atoms with Crippen molar-refractivity contribution in [2.75, 3.05) is 0 Å². The molecule has 0 bridgehead atoms. The molecule has 4 aromatic carbocycles. The minimum atomic E-state index is -0.776. The van der Waals surface area contributed by atoms with Gasteiger partial charge >= 0.3 is 0 Å². The Balaban J connectivity index is 1.77. The highest BCUT2D eigenvalue weighted by atomic mass is 19.1. The molecule has 5 aromatic rings. The third-order valence-electron chi connectivity index (χ3n) is 6.93. The predicted molar refractivity (Wildman–Crippen MR) is 128 cm³/mol. The van der Waals surface area contributed by atoms with E-state index in [1.165, 1.54) is 34.4 Å². The largest absolute Gasteiger partial charge is 0.309 e. The summed E-state index contributed by atoms with van der Waals surface area (Å²) < 4.78 is 16.5. The first-order chi connectivity index (χ1) is 16.0. The van der Waals surface area contributed by atoms with E-state index in [-0.39, 0.29) is 16.5 Å². The quantitative estimate of drug-likeness (QED) is 0.290. The Morgan fingerprint density at radius 3 is 2.12 bits per heavy atom. The molecule has 1 aliphatic rings. The Morgan fingerprint density at radius 1 is 0.727 bits per heavy atom. The van der Waals surface area contributed by atoms with Gasteiger partial charge in [-0.3, -0.25) is 0 Å². The number of benzene rings is 4. The van der Waals surface area contributed by atoms with Gasteiger partial charge in [-0.25, -0.2) is 4.39 Å². The fourth-order valence-corrected chi connectivity index (χ4v) is 5.34. The zero-order valence-electron chi connectivity index (χ0n) is 18.1. The molecular weight excluding hydrogens is 409 g/mol. The van der Waals surface area contributed by atoms with Crippen molar-refractivity contribution in [3.8, 4) is 29.0 Å². The molecule has 0 amide bonds. The number of hydrogen-bond acceptors (Lipinski definition) is 2. The Kier molecular flexibility index (Phi) is 3.83. The lowest BCUT2D eigenvalue weighted by Crippen LogP contribution is -2.15. The van der Waals surface area contributed by atoms with Crippen LogP contribution in [0.3, 0.4) is 0 Å². The number of halogens is 1. The summed E-state index contributed by atoms with van der Waals surface area (Å²) in [6.07, 6.45) is 0. The first-order valence-electron chi connectivity index (χ1n) is 10.8. The first-order valence-corrected chi connectivity index (χ1v) is 10.8. The van der Waals surface area contributed by atoms with Crippen molar-refractivity contribution in [3.05, 3.63) is 101 Å². The van der Waals surface area contributed by atoms with E-state index in [2.05, 4.69) is 56.3 Å². The molecule has 4 heteroatoms. The Hall–Kier alpha value is -4.41. The molecule has 0 N–H and O–H groups in total. The molecule has 0 unspecified atom stereocenters. The van der Waals surface area contributed by atoms with Crippen molar-refractivity contribution in [2.45, 2.75) is 19.3 Å². The van der Waals surface area contributed by atoms with Crippen LogP contribution in [0.4, 0.5) is 4.39 Å². The molecule has 1 aliphatic carbocycles. The molecule has 1 heterocycles. The fraction of sp³-hybridized carbons (Fsp3) is 0.103. The van der Waals surface area contributed by atoms with Crippen LogP contribution in [-0.2, 0) is 5.41 Å². The Bertz CT molecular complexity index is 1690. The summed E-state index contributed by atoms with van der Waals surface area (Å²) in [5.74, 6) is -0.776. The molecule has 0 spiro atoms. The number of nitrogens with zero attached hydrogens (tertiary/aromatic N) is 3. The average molecular weight is 427 g/mol. The molecule has 0 fully saturated rings. The van der Waals surface area contributed by atoms with Crippen LogP contribution in [0.25, 0.3) is 38.6 Å². The van der Waals surface area contributed by atoms with E-state index in [4.69, 9.17) is 0 Å². The lowest BCUT2D eigenvalue weighted by atomic mass is 9.82. The molecule has 0 radical (unpaired) electrons. The van der Waals surface area contributed by atoms with Crippen molar-refractivity contribution in [1.82, 2.24) is 4.57 Å². The van der Waals surface area contributed by atoms with Crippen molar-refractivity contribution in [2.24, 2.45) is 0 Å². The highest BCUT2D eigenvalue weighted by Crippen LogP contribution is 2.50. The maximum absolute atomic E-state index is 14.5. The van der Waals surface area contributed by atoms with Gasteiger partial charge in [0, 0.05) is 21.9 Å². The van der Waals surface area contributed by atoms with Crippen LogP contribution < -0.4 is 0 Å². The van der Waals surface area contributed by atoms with Gasteiger partial charge in [0.05, 0.1) is 22.2 Å². The van der Waals surface area contributed by atoms with Crippen LogP contribution in [-0.4, -0.2) is 4.57 Å². The summed E-state index contributed by atoms with van der Waals surface area (Å²) in [5, 5.41) is 21.1. The Labute approximate surface area is 190 Å². The Morgan fingerprint density at radius 2 is 1.39 bits per heavy atom. The normalized spacial score (nSPS) is 13.5. The number of rotatable bonds is 1. The van der Waals surface area contributed by atoms with Gasteiger partial charge in [0.1, 0.15) is 12.1 Å². The minimum Gasteiger partial charge on any atom is -0.309 e. The number of hydrogen-bond donors (Lipinski definition) is 0. The van der Waals surface area contributed by atoms with Gasteiger partial charge < -0.3 is 4.57 Å². The lowest BCUT2D eigenvalue weighted by Gasteiger charge is -2.21. The van der Waals surface area contributed by atoms with Crippen LogP contribution in [0.2, 0.25) is 0 Å². The van der Waals surface area contributed by atoms with Crippen molar-refractivity contribution >= 4 is 21.8 Å². The third-order valence-corrected chi connectivity index (χ3v) is 6.93. The second-order valence-corrected chi connectivity index (χ2v) is 9.02. The zero-order chi connectivity index (χ0) is 22.9. The van der Waals surface area contributed by atoms with E-state index in [9.17, 15) is 14.9 Å². The molecule has 33 heavy (non-hydrogen) atoms. The first kappa shape index (κ1) is 19.3. The number of para-hydroxylation sites is 1. The monoisotopic (exact) mass is 427 g/mol. The van der Waals surface area contributed by atoms with Crippen molar-refractivity contribution in [3.63, 3.8) is 0 Å². The van der Waals surface area contributed by atoms with Crippen LogP contribution in [0.5, 0.6) is 0 Å². The molecule has 0 aliphatic heterocycles. The SMILES string of the molecule is CC1(C)c2ccccc2-c2cc3c4ccccc4n(-c4cc(C#N)c(F)c(C#N)c4)c3cc21. The van der Waals surface area contributed by atoms with E-state index in [0.717, 1.165) is 21.8 Å². The van der Waals surface area contributed by atoms with Crippen LogP contribution in [0, 0.1) is 28.5 Å². The lowest BCUT2D eigenvalue weighted by molar-refractivity contribution is 0.619. The van der Waals surface area contributed by atoms with Crippen molar-refractivity contribution < 1.29 is 4.39 Å². The summed E-state index contributed by atoms with van der Waals surface area (Å²) in [6, 6.07) is 27.9. The van der Waals surface area contributed by atoms with E-state index < -0.39 is 5.82 Å². The van der Waals surface area contributed by atoms with Crippen molar-refractivity contribution in [1.29, 1.82) is 10.5 Å². The number of nitriles is 2. The van der Waals surface area contributed by atoms with Gasteiger partial charge in [-0.15, -0.1) is 0 Å².